The van der Waals surface area contributed by atoms with Crippen molar-refractivity contribution in [1.29, 1.82) is 0 Å². The minimum absolute atomic E-state index is 0.0903. The van der Waals surface area contributed by atoms with Crippen molar-refractivity contribution in [1.82, 2.24) is 15.0 Å². The van der Waals surface area contributed by atoms with Gasteiger partial charge in [0.05, 0.1) is 29.4 Å². The Kier molecular flexibility index (Phi) is 3.30. The van der Waals surface area contributed by atoms with Crippen LogP contribution < -0.4 is 4.90 Å². The molecule has 0 saturated carbocycles. The van der Waals surface area contributed by atoms with E-state index in [2.05, 4.69) is 25.9 Å². The molecular weight excluding hydrogens is 295 g/mol. The molecule has 0 radical (unpaired) electrons. The van der Waals surface area contributed by atoms with Crippen molar-refractivity contribution in [2.45, 2.75) is 33.2 Å². The van der Waals surface area contributed by atoms with E-state index in [1.54, 1.807) is 13.8 Å². The molecule has 0 aliphatic carbocycles. The molecule has 2 aliphatic rings. The zero-order valence-electron chi connectivity index (χ0n) is 13.6. The first-order valence-corrected chi connectivity index (χ1v) is 7.94. The Morgan fingerprint density at radius 1 is 1.22 bits per heavy atom. The molecule has 6 heteroatoms. The molecule has 0 bridgehead atoms. The van der Waals surface area contributed by atoms with Crippen LogP contribution in [0.5, 0.6) is 0 Å². The number of pyridine rings is 1. The SMILES string of the molecule is CC1=CC2COCCCN2c2nc(C)nc3c(F)c(C)nc1c23. The van der Waals surface area contributed by atoms with Crippen LogP contribution in [0.1, 0.15) is 30.6 Å². The van der Waals surface area contributed by atoms with Gasteiger partial charge in [-0.1, -0.05) is 6.08 Å². The maximum absolute atomic E-state index is 14.6. The molecule has 5 nitrogen and oxygen atoms in total. The van der Waals surface area contributed by atoms with Crippen LogP contribution in [0.4, 0.5) is 10.2 Å². The van der Waals surface area contributed by atoms with Gasteiger partial charge in [0.15, 0.2) is 5.82 Å². The molecule has 1 atom stereocenters. The molecule has 4 rings (SSSR count). The van der Waals surface area contributed by atoms with Gasteiger partial charge in [-0.05, 0) is 32.8 Å². The number of aromatic nitrogens is 3. The maximum Gasteiger partial charge on any atom is 0.170 e. The van der Waals surface area contributed by atoms with Gasteiger partial charge in [0, 0.05) is 13.2 Å². The van der Waals surface area contributed by atoms with Crippen molar-refractivity contribution >= 4 is 22.3 Å². The quantitative estimate of drug-likeness (QED) is 0.748. The molecule has 0 aromatic carbocycles. The second-order valence-electron chi connectivity index (χ2n) is 6.22. The van der Waals surface area contributed by atoms with Gasteiger partial charge in [0.2, 0.25) is 0 Å². The Hall–Kier alpha value is -2.08. The second kappa shape index (κ2) is 5.23. The molecule has 1 saturated heterocycles. The fraction of sp³-hybridized carbons (Fsp3) is 0.471. The van der Waals surface area contributed by atoms with Crippen LogP contribution in [0.25, 0.3) is 16.5 Å². The summed E-state index contributed by atoms with van der Waals surface area (Å²) in [6.45, 7) is 7.67. The monoisotopic (exact) mass is 314 g/mol. The number of halogens is 1. The third kappa shape index (κ3) is 2.20. The van der Waals surface area contributed by atoms with Crippen LogP contribution in [0, 0.1) is 19.7 Å². The zero-order chi connectivity index (χ0) is 16.1. The summed E-state index contributed by atoms with van der Waals surface area (Å²) in [5.74, 6) is 0.997. The third-order valence-corrected chi connectivity index (χ3v) is 4.51. The average molecular weight is 314 g/mol. The Morgan fingerprint density at radius 3 is 2.87 bits per heavy atom. The maximum atomic E-state index is 14.6. The van der Waals surface area contributed by atoms with E-state index in [0.717, 1.165) is 42.0 Å². The van der Waals surface area contributed by atoms with Gasteiger partial charge in [-0.15, -0.1) is 0 Å². The highest BCUT2D eigenvalue weighted by atomic mass is 19.1. The van der Waals surface area contributed by atoms with Crippen molar-refractivity contribution in [3.8, 4) is 0 Å². The lowest BCUT2D eigenvalue weighted by molar-refractivity contribution is 0.142. The zero-order valence-corrected chi connectivity index (χ0v) is 13.6. The molecule has 1 unspecified atom stereocenters. The summed E-state index contributed by atoms with van der Waals surface area (Å²) >= 11 is 0. The van der Waals surface area contributed by atoms with Crippen molar-refractivity contribution in [2.75, 3.05) is 24.7 Å². The number of fused-ring (bicyclic) bond motifs is 2. The molecule has 120 valence electrons. The summed E-state index contributed by atoms with van der Waals surface area (Å²) in [5.41, 5.74) is 2.54. The molecule has 2 aromatic heterocycles. The number of nitrogens with zero attached hydrogens (tertiary/aromatic N) is 4. The predicted octanol–water partition coefficient (Wildman–Crippen LogP) is 2.79. The Morgan fingerprint density at radius 2 is 2.04 bits per heavy atom. The smallest absolute Gasteiger partial charge is 0.170 e. The molecule has 0 amide bonds. The summed E-state index contributed by atoms with van der Waals surface area (Å²) in [4.78, 5) is 15.7. The highest BCUT2D eigenvalue weighted by Crippen LogP contribution is 2.37. The first-order valence-electron chi connectivity index (χ1n) is 7.94. The lowest BCUT2D eigenvalue weighted by atomic mass is 10.1. The minimum Gasteiger partial charge on any atom is -0.379 e. The fourth-order valence-electron chi connectivity index (χ4n) is 3.44. The normalized spacial score (nSPS) is 20.8. The third-order valence-electron chi connectivity index (χ3n) is 4.51. The van der Waals surface area contributed by atoms with Crippen molar-refractivity contribution < 1.29 is 9.13 Å². The molecule has 23 heavy (non-hydrogen) atoms. The molecule has 0 spiro atoms. The standard InChI is InChI=1S/C17H19FN4O/c1-9-7-12-8-23-6-4-5-22(12)17-13-15(9)19-10(2)14(18)16(13)20-11(3)21-17/h7,12H,4-6,8H2,1-3H3. The second-order valence-corrected chi connectivity index (χ2v) is 6.22. The van der Waals surface area contributed by atoms with Crippen LogP contribution in [0.2, 0.25) is 0 Å². The number of hydrogen-bond donors (Lipinski definition) is 0. The van der Waals surface area contributed by atoms with E-state index in [0.29, 0.717) is 23.6 Å². The lowest BCUT2D eigenvalue weighted by Gasteiger charge is -2.28. The summed E-state index contributed by atoms with van der Waals surface area (Å²) in [6, 6.07) is 0.0903. The van der Waals surface area contributed by atoms with E-state index >= 15 is 0 Å². The van der Waals surface area contributed by atoms with Gasteiger partial charge in [-0.2, -0.15) is 0 Å². The van der Waals surface area contributed by atoms with Crippen molar-refractivity contribution in [3.05, 3.63) is 29.1 Å². The topological polar surface area (TPSA) is 51.1 Å². The first-order chi connectivity index (χ1) is 11.1. The summed E-state index contributed by atoms with van der Waals surface area (Å²) < 4.78 is 20.4. The molecular formula is C17H19FN4O. The Balaban J connectivity index is 2.11. The number of anilines is 1. The molecule has 2 aromatic rings. The largest absolute Gasteiger partial charge is 0.379 e. The van der Waals surface area contributed by atoms with Gasteiger partial charge in [-0.25, -0.2) is 19.3 Å². The van der Waals surface area contributed by atoms with E-state index in [-0.39, 0.29) is 11.9 Å². The van der Waals surface area contributed by atoms with Crippen LogP contribution in [-0.4, -0.2) is 40.8 Å². The van der Waals surface area contributed by atoms with Gasteiger partial charge in [-0.3, -0.25) is 0 Å². The minimum atomic E-state index is -0.354. The number of hydrogen-bond acceptors (Lipinski definition) is 5. The van der Waals surface area contributed by atoms with Crippen LogP contribution in [0.15, 0.2) is 6.08 Å². The summed E-state index contributed by atoms with van der Waals surface area (Å²) in [5, 5.41) is 0.719. The highest BCUT2D eigenvalue weighted by Gasteiger charge is 2.30. The van der Waals surface area contributed by atoms with Crippen molar-refractivity contribution in [2.24, 2.45) is 0 Å². The number of aryl methyl sites for hydroxylation is 2. The molecule has 2 aliphatic heterocycles. The van der Waals surface area contributed by atoms with Crippen LogP contribution in [-0.2, 0) is 4.74 Å². The fourth-order valence-corrected chi connectivity index (χ4v) is 3.44. The Labute approximate surface area is 134 Å². The molecule has 4 heterocycles. The van der Waals surface area contributed by atoms with Gasteiger partial charge in [0.1, 0.15) is 17.2 Å². The van der Waals surface area contributed by atoms with Crippen molar-refractivity contribution in [3.63, 3.8) is 0 Å². The van der Waals surface area contributed by atoms with Gasteiger partial charge >= 0.3 is 0 Å². The molecule has 0 N–H and O–H groups in total. The number of rotatable bonds is 0. The van der Waals surface area contributed by atoms with Gasteiger partial charge in [0.25, 0.3) is 0 Å². The van der Waals surface area contributed by atoms with Crippen LogP contribution in [0.3, 0.4) is 0 Å². The lowest BCUT2D eigenvalue weighted by Crippen LogP contribution is -2.36. The average Bonchev–Trinajstić information content (AvgIpc) is 2.79. The summed E-state index contributed by atoms with van der Waals surface area (Å²) in [6.07, 6.45) is 3.08. The van der Waals surface area contributed by atoms with E-state index in [1.807, 2.05) is 6.92 Å². The van der Waals surface area contributed by atoms with E-state index in [9.17, 15) is 4.39 Å². The van der Waals surface area contributed by atoms with Crippen LogP contribution >= 0.6 is 0 Å². The first kappa shape index (κ1) is 14.5. The number of allylic oxidation sites excluding steroid dienone is 1. The van der Waals surface area contributed by atoms with E-state index in [1.165, 1.54) is 0 Å². The van der Waals surface area contributed by atoms with E-state index < -0.39 is 0 Å². The Bertz CT molecular complexity index is 833. The van der Waals surface area contributed by atoms with Gasteiger partial charge < -0.3 is 9.64 Å². The van der Waals surface area contributed by atoms with E-state index in [4.69, 9.17) is 4.74 Å². The summed E-state index contributed by atoms with van der Waals surface area (Å²) in [7, 11) is 0. The number of ether oxygens (including phenoxy) is 1. The predicted molar refractivity (Wildman–Crippen MR) is 87.0 cm³/mol. The highest BCUT2D eigenvalue weighted by molar-refractivity contribution is 5.99. The molecule has 1 fully saturated rings.